The first-order chi connectivity index (χ1) is 11.3. The molecule has 4 rings (SSSR count). The Morgan fingerprint density at radius 2 is 2.04 bits per heavy atom. The van der Waals surface area contributed by atoms with E-state index >= 15 is 0 Å². The van der Waals surface area contributed by atoms with Crippen molar-refractivity contribution in [2.24, 2.45) is 0 Å². The van der Waals surface area contributed by atoms with Gasteiger partial charge < -0.3 is 20.1 Å². The van der Waals surface area contributed by atoms with E-state index in [0.29, 0.717) is 17.9 Å². The summed E-state index contributed by atoms with van der Waals surface area (Å²) >= 11 is 0. The van der Waals surface area contributed by atoms with E-state index in [1.165, 1.54) is 11.1 Å². The summed E-state index contributed by atoms with van der Waals surface area (Å²) < 4.78 is 10.6. The third-order valence-corrected chi connectivity index (χ3v) is 4.26. The molecule has 5 nitrogen and oxygen atoms in total. The Morgan fingerprint density at radius 3 is 3.00 bits per heavy atom. The van der Waals surface area contributed by atoms with Crippen molar-refractivity contribution >= 4 is 11.6 Å². The zero-order valence-electron chi connectivity index (χ0n) is 12.7. The van der Waals surface area contributed by atoms with Crippen LogP contribution in [0.5, 0.6) is 11.5 Å². The number of amides is 1. The number of rotatable bonds is 3. The Labute approximate surface area is 134 Å². The Balaban J connectivity index is 1.45. The molecule has 0 aliphatic carbocycles. The summed E-state index contributed by atoms with van der Waals surface area (Å²) in [7, 11) is 0. The molecule has 0 spiro atoms. The number of fused-ring (bicyclic) bond motifs is 2. The molecule has 1 unspecified atom stereocenters. The molecule has 0 saturated carbocycles. The Hall–Kier alpha value is -2.53. The molecule has 1 atom stereocenters. The van der Waals surface area contributed by atoms with Gasteiger partial charge in [0, 0.05) is 24.2 Å². The second-order valence-electron chi connectivity index (χ2n) is 5.78. The van der Waals surface area contributed by atoms with Gasteiger partial charge in [0.25, 0.3) is 0 Å². The van der Waals surface area contributed by atoms with E-state index < -0.39 is 0 Å². The third kappa shape index (κ3) is 2.87. The molecule has 1 amide bonds. The summed E-state index contributed by atoms with van der Waals surface area (Å²) in [5, 5.41) is 6.36. The highest BCUT2D eigenvalue weighted by Crippen LogP contribution is 2.34. The van der Waals surface area contributed by atoms with Gasteiger partial charge >= 0.3 is 0 Å². The molecule has 0 saturated heterocycles. The standard InChI is InChI=1S/C18H18N2O3/c21-18(20-13-5-6-16-17(9-13)23-11-22-16)10-15-14-4-2-1-3-12(14)7-8-19-15/h1-6,9,15,19H,7-8,10-11H2,(H,20,21). The van der Waals surface area contributed by atoms with Crippen LogP contribution in [0.1, 0.15) is 23.6 Å². The molecule has 2 aromatic carbocycles. The van der Waals surface area contributed by atoms with Crippen LogP contribution in [0.15, 0.2) is 42.5 Å². The smallest absolute Gasteiger partial charge is 0.231 e. The van der Waals surface area contributed by atoms with Crippen LogP contribution in [0.2, 0.25) is 0 Å². The molecule has 2 N–H and O–H groups in total. The van der Waals surface area contributed by atoms with Gasteiger partial charge in [0.05, 0.1) is 0 Å². The number of nitrogens with one attached hydrogen (secondary N) is 2. The average molecular weight is 310 g/mol. The molecule has 0 fully saturated rings. The van der Waals surface area contributed by atoms with Gasteiger partial charge in [0.1, 0.15) is 0 Å². The molecule has 0 radical (unpaired) electrons. The van der Waals surface area contributed by atoms with E-state index in [-0.39, 0.29) is 18.7 Å². The van der Waals surface area contributed by atoms with Gasteiger partial charge in [-0.15, -0.1) is 0 Å². The van der Waals surface area contributed by atoms with Gasteiger partial charge in [-0.05, 0) is 36.2 Å². The molecule has 23 heavy (non-hydrogen) atoms. The highest BCUT2D eigenvalue weighted by molar-refractivity contribution is 5.91. The van der Waals surface area contributed by atoms with Gasteiger partial charge in [0.2, 0.25) is 12.7 Å². The van der Waals surface area contributed by atoms with Crippen molar-refractivity contribution in [3.8, 4) is 11.5 Å². The van der Waals surface area contributed by atoms with Crippen molar-refractivity contribution in [3.05, 3.63) is 53.6 Å². The maximum atomic E-state index is 12.4. The minimum absolute atomic E-state index is 0.0157. The van der Waals surface area contributed by atoms with E-state index in [1.54, 1.807) is 6.07 Å². The predicted molar refractivity (Wildman–Crippen MR) is 86.7 cm³/mol. The zero-order chi connectivity index (χ0) is 15.6. The van der Waals surface area contributed by atoms with Gasteiger partial charge in [-0.25, -0.2) is 0 Å². The first-order valence-electron chi connectivity index (χ1n) is 7.80. The number of hydrogen-bond donors (Lipinski definition) is 2. The van der Waals surface area contributed by atoms with E-state index in [4.69, 9.17) is 9.47 Å². The first kappa shape index (κ1) is 14.1. The maximum Gasteiger partial charge on any atom is 0.231 e. The second kappa shape index (κ2) is 5.93. The van der Waals surface area contributed by atoms with Crippen molar-refractivity contribution in [2.75, 3.05) is 18.7 Å². The Kier molecular flexibility index (Phi) is 3.63. The van der Waals surface area contributed by atoms with Gasteiger partial charge in [-0.3, -0.25) is 4.79 Å². The fourth-order valence-electron chi connectivity index (χ4n) is 3.15. The number of ether oxygens (including phenoxy) is 2. The topological polar surface area (TPSA) is 59.6 Å². The van der Waals surface area contributed by atoms with Crippen LogP contribution in [0.25, 0.3) is 0 Å². The summed E-state index contributed by atoms with van der Waals surface area (Å²) in [6.07, 6.45) is 1.42. The Morgan fingerprint density at radius 1 is 1.17 bits per heavy atom. The number of anilines is 1. The van der Waals surface area contributed by atoms with Crippen LogP contribution < -0.4 is 20.1 Å². The fraction of sp³-hybridized carbons (Fsp3) is 0.278. The van der Waals surface area contributed by atoms with Crippen molar-refractivity contribution < 1.29 is 14.3 Å². The van der Waals surface area contributed by atoms with Gasteiger partial charge in [0.15, 0.2) is 11.5 Å². The summed E-state index contributed by atoms with van der Waals surface area (Å²) in [4.78, 5) is 12.4. The molecule has 118 valence electrons. The lowest BCUT2D eigenvalue weighted by molar-refractivity contribution is -0.116. The van der Waals surface area contributed by atoms with E-state index in [0.717, 1.165) is 18.7 Å². The minimum atomic E-state index is -0.0157. The molecule has 2 aliphatic heterocycles. The van der Waals surface area contributed by atoms with E-state index in [1.807, 2.05) is 24.3 Å². The van der Waals surface area contributed by atoms with Crippen LogP contribution >= 0.6 is 0 Å². The lowest BCUT2D eigenvalue weighted by Gasteiger charge is -2.26. The highest BCUT2D eigenvalue weighted by Gasteiger charge is 2.22. The molecule has 2 aromatic rings. The lowest BCUT2D eigenvalue weighted by Crippen LogP contribution is -2.32. The third-order valence-electron chi connectivity index (χ3n) is 4.26. The van der Waals surface area contributed by atoms with Crippen LogP contribution in [-0.4, -0.2) is 19.2 Å². The van der Waals surface area contributed by atoms with Crippen molar-refractivity contribution in [2.45, 2.75) is 18.9 Å². The van der Waals surface area contributed by atoms with Crippen LogP contribution in [-0.2, 0) is 11.2 Å². The van der Waals surface area contributed by atoms with Gasteiger partial charge in [-0.2, -0.15) is 0 Å². The minimum Gasteiger partial charge on any atom is -0.454 e. The molecule has 2 heterocycles. The van der Waals surface area contributed by atoms with Crippen molar-refractivity contribution in [1.29, 1.82) is 0 Å². The average Bonchev–Trinajstić information content (AvgIpc) is 3.03. The molecular weight excluding hydrogens is 292 g/mol. The number of benzene rings is 2. The zero-order valence-corrected chi connectivity index (χ0v) is 12.7. The largest absolute Gasteiger partial charge is 0.454 e. The summed E-state index contributed by atoms with van der Waals surface area (Å²) in [5.74, 6) is 1.37. The highest BCUT2D eigenvalue weighted by atomic mass is 16.7. The Bertz CT molecular complexity index is 745. The molecule has 5 heteroatoms. The first-order valence-corrected chi connectivity index (χ1v) is 7.80. The fourth-order valence-corrected chi connectivity index (χ4v) is 3.15. The molecule has 0 bridgehead atoms. The van der Waals surface area contributed by atoms with Crippen LogP contribution in [0.3, 0.4) is 0 Å². The number of carbonyl (C=O) groups is 1. The normalized spacial score (nSPS) is 18.3. The summed E-state index contributed by atoms with van der Waals surface area (Å²) in [6.45, 7) is 1.13. The second-order valence-corrected chi connectivity index (χ2v) is 5.78. The SMILES string of the molecule is O=C(CC1NCCc2ccccc21)Nc1ccc2c(c1)OCO2. The maximum absolute atomic E-state index is 12.4. The molecular formula is C18H18N2O3. The van der Waals surface area contributed by atoms with Crippen molar-refractivity contribution in [1.82, 2.24) is 5.32 Å². The van der Waals surface area contributed by atoms with Crippen LogP contribution in [0, 0.1) is 0 Å². The monoisotopic (exact) mass is 310 g/mol. The van der Waals surface area contributed by atoms with Crippen LogP contribution in [0.4, 0.5) is 5.69 Å². The van der Waals surface area contributed by atoms with E-state index in [9.17, 15) is 4.79 Å². The number of carbonyl (C=O) groups excluding carboxylic acids is 1. The quantitative estimate of drug-likeness (QED) is 0.915. The van der Waals surface area contributed by atoms with Crippen molar-refractivity contribution in [3.63, 3.8) is 0 Å². The molecule has 2 aliphatic rings. The molecule has 0 aromatic heterocycles. The van der Waals surface area contributed by atoms with Gasteiger partial charge in [-0.1, -0.05) is 24.3 Å². The number of hydrogen-bond acceptors (Lipinski definition) is 4. The summed E-state index contributed by atoms with van der Waals surface area (Å²) in [6, 6.07) is 13.8. The predicted octanol–water partition coefficient (Wildman–Crippen LogP) is 2.63. The summed E-state index contributed by atoms with van der Waals surface area (Å²) in [5.41, 5.74) is 3.27. The lowest BCUT2D eigenvalue weighted by atomic mass is 9.92. The van der Waals surface area contributed by atoms with E-state index in [2.05, 4.69) is 22.8 Å².